The van der Waals surface area contributed by atoms with E-state index in [1.165, 1.54) is 0 Å². The topological polar surface area (TPSA) is 98.4 Å². The zero-order valence-electron chi connectivity index (χ0n) is 21.3. The number of carbonyl (C=O) groups is 3. The first kappa shape index (κ1) is 28.3. The number of hydrogen-bond acceptors (Lipinski definition) is 7. The molecule has 37 heavy (non-hydrogen) atoms. The highest BCUT2D eigenvalue weighted by Gasteiger charge is 2.28. The number of aryl methyl sites for hydroxylation is 1. The summed E-state index contributed by atoms with van der Waals surface area (Å²) >= 11 is 3.27. The van der Waals surface area contributed by atoms with Crippen LogP contribution in [0.3, 0.4) is 0 Å². The Labute approximate surface area is 233 Å². The Balaban J connectivity index is 1.98. The standard InChI is InChI=1S/C28H27IN2O5S/c1-6-35-27(33)25-17(4)26(28(34)36-7-2)37-24(25)14-23(32)20(15-30)13-19-12-16(3)31(18(19)5)22-10-8-21(29)9-11-22/h8-13H,6-7,14H2,1-5H3/b20-13+. The summed E-state index contributed by atoms with van der Waals surface area (Å²) in [7, 11) is 0. The third-order valence-electron chi connectivity index (χ3n) is 5.76. The van der Waals surface area contributed by atoms with Crippen LogP contribution in [0.15, 0.2) is 35.9 Å². The van der Waals surface area contributed by atoms with Crippen LogP contribution >= 0.6 is 33.9 Å². The molecule has 9 heteroatoms. The average molecular weight is 631 g/mol. The molecule has 1 aromatic carbocycles. The predicted octanol–water partition coefficient (Wildman–Crippen LogP) is 6.14. The quantitative estimate of drug-likeness (QED) is 0.122. The monoisotopic (exact) mass is 630 g/mol. The Bertz CT molecular complexity index is 1420. The van der Waals surface area contributed by atoms with Crippen molar-refractivity contribution in [3.8, 4) is 11.8 Å². The molecule has 0 radical (unpaired) electrons. The second-order valence-corrected chi connectivity index (χ2v) is 10.6. The van der Waals surface area contributed by atoms with Gasteiger partial charge in [0.15, 0.2) is 5.78 Å². The number of rotatable bonds is 9. The number of carbonyl (C=O) groups excluding carboxylic acids is 3. The minimum absolute atomic E-state index is 0.0404. The number of ether oxygens (including phenoxy) is 2. The molecule has 3 rings (SSSR count). The van der Waals surface area contributed by atoms with Crippen LogP contribution in [0, 0.1) is 35.7 Å². The lowest BCUT2D eigenvalue weighted by molar-refractivity contribution is -0.114. The zero-order valence-corrected chi connectivity index (χ0v) is 24.3. The van der Waals surface area contributed by atoms with Crippen molar-refractivity contribution in [2.75, 3.05) is 13.2 Å². The van der Waals surface area contributed by atoms with Gasteiger partial charge in [-0.2, -0.15) is 5.26 Å². The predicted molar refractivity (Wildman–Crippen MR) is 151 cm³/mol. The van der Waals surface area contributed by atoms with Crippen LogP contribution in [-0.4, -0.2) is 35.5 Å². The number of nitriles is 1. The molecule has 0 saturated heterocycles. The summed E-state index contributed by atoms with van der Waals surface area (Å²) in [6, 6.07) is 12.0. The Morgan fingerprint density at radius 2 is 1.68 bits per heavy atom. The van der Waals surface area contributed by atoms with E-state index in [1.54, 1.807) is 26.8 Å². The molecule has 0 aliphatic heterocycles. The Morgan fingerprint density at radius 3 is 2.27 bits per heavy atom. The number of Topliss-reactive ketones (excluding diaryl/α,β-unsaturated/α-hetero) is 1. The number of allylic oxidation sites excluding steroid dienone is 1. The highest BCUT2D eigenvalue weighted by molar-refractivity contribution is 14.1. The first-order valence-corrected chi connectivity index (χ1v) is 13.6. The van der Waals surface area contributed by atoms with Crippen molar-refractivity contribution in [2.45, 2.75) is 41.0 Å². The fraction of sp³-hybridized carbons (Fsp3) is 0.286. The first-order valence-electron chi connectivity index (χ1n) is 11.7. The lowest BCUT2D eigenvalue weighted by atomic mass is 10.0. The van der Waals surface area contributed by atoms with Crippen molar-refractivity contribution in [3.05, 3.63) is 77.3 Å². The molecule has 0 amide bonds. The van der Waals surface area contributed by atoms with Gasteiger partial charge in [-0.3, -0.25) is 4.79 Å². The summed E-state index contributed by atoms with van der Waals surface area (Å²) in [5.41, 5.74) is 4.14. The van der Waals surface area contributed by atoms with E-state index in [-0.39, 0.29) is 35.6 Å². The second kappa shape index (κ2) is 12.3. The van der Waals surface area contributed by atoms with E-state index >= 15 is 0 Å². The van der Waals surface area contributed by atoms with E-state index in [4.69, 9.17) is 9.47 Å². The highest BCUT2D eigenvalue weighted by atomic mass is 127. The molecule has 0 unspecified atom stereocenters. The maximum atomic E-state index is 13.2. The largest absolute Gasteiger partial charge is 0.462 e. The smallest absolute Gasteiger partial charge is 0.348 e. The molecule has 3 aromatic rings. The molecule has 0 atom stereocenters. The van der Waals surface area contributed by atoms with Crippen molar-refractivity contribution >= 4 is 57.7 Å². The van der Waals surface area contributed by atoms with Crippen LogP contribution in [0.1, 0.15) is 61.3 Å². The molecule has 2 heterocycles. The molecule has 0 aliphatic carbocycles. The molecular formula is C28H27IN2O5S. The summed E-state index contributed by atoms with van der Waals surface area (Å²) in [6.45, 7) is 9.23. The van der Waals surface area contributed by atoms with Gasteiger partial charge in [-0.25, -0.2) is 9.59 Å². The van der Waals surface area contributed by atoms with Gasteiger partial charge in [-0.05, 0) is 105 Å². The average Bonchev–Trinajstić information content (AvgIpc) is 3.33. The van der Waals surface area contributed by atoms with Crippen LogP contribution in [0.4, 0.5) is 0 Å². The van der Waals surface area contributed by atoms with Gasteiger partial charge in [0.1, 0.15) is 10.9 Å². The van der Waals surface area contributed by atoms with Gasteiger partial charge < -0.3 is 14.0 Å². The third kappa shape index (κ3) is 6.19. The fourth-order valence-electron chi connectivity index (χ4n) is 4.05. The number of ketones is 1. The normalized spacial score (nSPS) is 11.2. The first-order chi connectivity index (χ1) is 17.6. The Hall–Kier alpha value is -3.23. The minimum atomic E-state index is -0.613. The third-order valence-corrected chi connectivity index (χ3v) is 7.75. The number of aromatic nitrogens is 1. The molecule has 0 bridgehead atoms. The van der Waals surface area contributed by atoms with E-state index in [1.807, 2.05) is 50.2 Å². The maximum absolute atomic E-state index is 13.2. The van der Waals surface area contributed by atoms with E-state index in [0.29, 0.717) is 10.4 Å². The Morgan fingerprint density at radius 1 is 1.05 bits per heavy atom. The van der Waals surface area contributed by atoms with Crippen LogP contribution in [0.2, 0.25) is 0 Å². The lowest BCUT2D eigenvalue weighted by Gasteiger charge is -2.09. The van der Waals surface area contributed by atoms with Gasteiger partial charge in [0, 0.05) is 31.9 Å². The van der Waals surface area contributed by atoms with Gasteiger partial charge in [0.05, 0.1) is 24.4 Å². The van der Waals surface area contributed by atoms with Crippen molar-refractivity contribution < 1.29 is 23.9 Å². The maximum Gasteiger partial charge on any atom is 0.348 e. The molecule has 0 saturated carbocycles. The van der Waals surface area contributed by atoms with Gasteiger partial charge in [0.2, 0.25) is 0 Å². The van der Waals surface area contributed by atoms with Gasteiger partial charge in [-0.1, -0.05) is 0 Å². The van der Waals surface area contributed by atoms with E-state index in [0.717, 1.165) is 37.5 Å². The van der Waals surface area contributed by atoms with Crippen molar-refractivity contribution in [1.29, 1.82) is 5.26 Å². The molecule has 2 aromatic heterocycles. The van der Waals surface area contributed by atoms with Gasteiger partial charge >= 0.3 is 11.9 Å². The van der Waals surface area contributed by atoms with Gasteiger partial charge in [0.25, 0.3) is 0 Å². The van der Waals surface area contributed by atoms with Crippen LogP contribution < -0.4 is 0 Å². The van der Waals surface area contributed by atoms with Crippen molar-refractivity contribution in [3.63, 3.8) is 0 Å². The summed E-state index contributed by atoms with van der Waals surface area (Å²) in [5.74, 6) is -1.63. The van der Waals surface area contributed by atoms with Crippen LogP contribution in [-0.2, 0) is 20.7 Å². The molecule has 0 fully saturated rings. The second-order valence-electron chi connectivity index (χ2n) is 8.20. The van der Waals surface area contributed by atoms with Crippen LogP contribution in [0.5, 0.6) is 0 Å². The number of hydrogen-bond donors (Lipinski definition) is 0. The number of benzene rings is 1. The summed E-state index contributed by atoms with van der Waals surface area (Å²) in [4.78, 5) is 39.0. The molecule has 192 valence electrons. The zero-order chi connectivity index (χ0) is 27.3. The number of halogens is 1. The molecule has 0 aliphatic rings. The van der Waals surface area contributed by atoms with Crippen molar-refractivity contribution in [1.82, 2.24) is 4.57 Å². The van der Waals surface area contributed by atoms with E-state index < -0.39 is 17.7 Å². The Kier molecular flexibility index (Phi) is 9.45. The lowest BCUT2D eigenvalue weighted by Crippen LogP contribution is -2.12. The molecule has 0 spiro atoms. The summed E-state index contributed by atoms with van der Waals surface area (Å²) < 4.78 is 13.5. The number of thiophene rings is 1. The minimum Gasteiger partial charge on any atom is -0.462 e. The molecule has 0 N–H and O–H groups in total. The summed E-state index contributed by atoms with van der Waals surface area (Å²) in [6.07, 6.45) is 1.36. The van der Waals surface area contributed by atoms with Crippen molar-refractivity contribution in [2.24, 2.45) is 0 Å². The highest BCUT2D eigenvalue weighted by Crippen LogP contribution is 2.31. The van der Waals surface area contributed by atoms with Crippen LogP contribution in [0.25, 0.3) is 11.8 Å². The van der Waals surface area contributed by atoms with Gasteiger partial charge in [-0.15, -0.1) is 11.3 Å². The van der Waals surface area contributed by atoms with E-state index in [2.05, 4.69) is 27.2 Å². The number of nitrogens with zero attached hydrogens (tertiary/aromatic N) is 2. The summed E-state index contributed by atoms with van der Waals surface area (Å²) in [5, 5.41) is 9.82. The fourth-order valence-corrected chi connectivity index (χ4v) is 5.60. The number of esters is 2. The van der Waals surface area contributed by atoms with E-state index in [9.17, 15) is 19.6 Å². The molecular weight excluding hydrogens is 603 g/mol. The SMILES string of the molecule is CCOC(=O)c1sc(CC(=O)/C(C#N)=C/c2cc(C)n(-c3ccc(I)cc3)c2C)c(C(=O)OCC)c1C. The molecule has 7 nitrogen and oxygen atoms in total.